The van der Waals surface area contributed by atoms with Gasteiger partial charge >= 0.3 is 5.97 Å². The highest BCUT2D eigenvalue weighted by molar-refractivity contribution is 6.30. The van der Waals surface area contributed by atoms with E-state index in [0.29, 0.717) is 17.9 Å². The molecular weight excluding hydrogens is 324 g/mol. The fraction of sp³-hybridized carbons (Fsp3) is 0.368. The van der Waals surface area contributed by atoms with Crippen LogP contribution in [0.15, 0.2) is 42.6 Å². The smallest absolute Gasteiger partial charge is 0.306 e. The van der Waals surface area contributed by atoms with Gasteiger partial charge in [-0.2, -0.15) is 0 Å². The normalized spacial score (nSPS) is 17.6. The third-order valence-corrected chi connectivity index (χ3v) is 4.86. The predicted octanol–water partition coefficient (Wildman–Crippen LogP) is 3.93. The average Bonchev–Trinajstić information content (AvgIpc) is 2.57. The van der Waals surface area contributed by atoms with Crippen molar-refractivity contribution >= 4 is 17.6 Å². The van der Waals surface area contributed by atoms with Crippen molar-refractivity contribution in [3.8, 4) is 0 Å². The number of carbonyl (C=O) groups is 1. The monoisotopic (exact) mass is 344 g/mol. The van der Waals surface area contributed by atoms with Gasteiger partial charge < -0.3 is 5.11 Å². The molecule has 1 aromatic heterocycles. The summed E-state index contributed by atoms with van der Waals surface area (Å²) in [5.74, 6) is -0.936. The Hall–Kier alpha value is -1.91. The number of rotatable bonds is 4. The summed E-state index contributed by atoms with van der Waals surface area (Å²) in [4.78, 5) is 18.1. The lowest BCUT2D eigenvalue weighted by molar-refractivity contribution is -0.143. The number of nitrogens with zero attached hydrogens (tertiary/aromatic N) is 2. The second-order valence-electron chi connectivity index (χ2n) is 6.37. The number of aliphatic carboxylic acids is 1. The van der Waals surface area contributed by atoms with Gasteiger partial charge in [0.25, 0.3) is 0 Å². The van der Waals surface area contributed by atoms with Gasteiger partial charge in [-0.25, -0.2) is 0 Å². The van der Waals surface area contributed by atoms with Crippen LogP contribution in [-0.4, -0.2) is 34.0 Å². The van der Waals surface area contributed by atoms with Crippen LogP contribution in [0.4, 0.5) is 0 Å². The molecule has 0 bridgehead atoms. The Bertz CT molecular complexity index is 710. The molecule has 1 aliphatic heterocycles. The number of benzene rings is 1. The lowest BCUT2D eigenvalue weighted by atomic mass is 9.93. The van der Waals surface area contributed by atoms with Crippen LogP contribution >= 0.6 is 11.6 Å². The highest BCUT2D eigenvalue weighted by atomic mass is 35.5. The zero-order chi connectivity index (χ0) is 17.1. The first-order valence-electron chi connectivity index (χ1n) is 8.19. The lowest BCUT2D eigenvalue weighted by Crippen LogP contribution is -2.39. The van der Waals surface area contributed by atoms with Crippen molar-refractivity contribution in [3.63, 3.8) is 0 Å². The molecule has 1 aliphatic rings. The van der Waals surface area contributed by atoms with Crippen molar-refractivity contribution < 1.29 is 9.90 Å². The summed E-state index contributed by atoms with van der Waals surface area (Å²) < 4.78 is 0. The van der Waals surface area contributed by atoms with Gasteiger partial charge in [0.05, 0.1) is 17.7 Å². The molecule has 5 heteroatoms. The van der Waals surface area contributed by atoms with Gasteiger partial charge in [0, 0.05) is 11.2 Å². The molecule has 24 heavy (non-hydrogen) atoms. The first kappa shape index (κ1) is 16.9. The molecule has 0 aliphatic carbocycles. The summed E-state index contributed by atoms with van der Waals surface area (Å²) in [6.07, 6.45) is 3.20. The number of carboxylic acid groups (broad SMARTS) is 1. The van der Waals surface area contributed by atoms with E-state index < -0.39 is 5.97 Å². The van der Waals surface area contributed by atoms with Crippen LogP contribution < -0.4 is 0 Å². The van der Waals surface area contributed by atoms with E-state index in [1.807, 2.05) is 37.4 Å². The van der Waals surface area contributed by atoms with E-state index in [4.69, 9.17) is 11.6 Å². The molecule has 3 rings (SSSR count). The summed E-state index contributed by atoms with van der Waals surface area (Å²) in [5.41, 5.74) is 3.18. The van der Waals surface area contributed by atoms with Gasteiger partial charge in [-0.15, -0.1) is 0 Å². The van der Waals surface area contributed by atoms with Crippen molar-refractivity contribution in [2.24, 2.45) is 5.92 Å². The number of hydrogen-bond acceptors (Lipinski definition) is 3. The summed E-state index contributed by atoms with van der Waals surface area (Å²) in [6.45, 7) is 3.50. The zero-order valence-corrected chi connectivity index (χ0v) is 14.4. The Morgan fingerprint density at radius 2 is 2.04 bits per heavy atom. The van der Waals surface area contributed by atoms with Gasteiger partial charge in [-0.05, 0) is 62.2 Å². The second kappa shape index (κ2) is 7.32. The molecule has 1 fully saturated rings. The van der Waals surface area contributed by atoms with Crippen LogP contribution in [0.5, 0.6) is 0 Å². The number of hydrogen-bond donors (Lipinski definition) is 1. The molecule has 1 N–H and O–H groups in total. The Kier molecular flexibility index (Phi) is 5.17. The van der Waals surface area contributed by atoms with Crippen LogP contribution in [0.25, 0.3) is 0 Å². The number of piperidine rings is 1. The molecule has 0 spiro atoms. The number of carboxylic acids is 1. The summed E-state index contributed by atoms with van der Waals surface area (Å²) in [5, 5.41) is 9.91. The molecule has 4 nitrogen and oxygen atoms in total. The van der Waals surface area contributed by atoms with Crippen molar-refractivity contribution in [2.45, 2.75) is 25.8 Å². The van der Waals surface area contributed by atoms with Crippen LogP contribution in [-0.2, 0) is 4.79 Å². The van der Waals surface area contributed by atoms with Crippen molar-refractivity contribution in [2.75, 3.05) is 13.1 Å². The van der Waals surface area contributed by atoms with Crippen LogP contribution in [0, 0.1) is 12.8 Å². The number of likely N-dealkylation sites (tertiary alicyclic amines) is 1. The third kappa shape index (κ3) is 3.77. The van der Waals surface area contributed by atoms with Crippen LogP contribution in [0.2, 0.25) is 5.02 Å². The zero-order valence-electron chi connectivity index (χ0n) is 13.7. The molecule has 0 amide bonds. The van der Waals surface area contributed by atoms with Gasteiger partial charge in [0.2, 0.25) is 0 Å². The molecule has 1 saturated heterocycles. The van der Waals surface area contributed by atoms with E-state index >= 15 is 0 Å². The maximum Gasteiger partial charge on any atom is 0.306 e. The Labute approximate surface area is 147 Å². The van der Waals surface area contributed by atoms with E-state index in [1.54, 1.807) is 0 Å². The summed E-state index contributed by atoms with van der Waals surface area (Å²) >= 11 is 6.19. The quantitative estimate of drug-likeness (QED) is 0.913. The molecule has 126 valence electrons. The van der Waals surface area contributed by atoms with Crippen molar-refractivity contribution in [1.82, 2.24) is 9.88 Å². The minimum Gasteiger partial charge on any atom is -0.481 e. The van der Waals surface area contributed by atoms with E-state index in [1.165, 1.54) is 0 Å². The van der Waals surface area contributed by atoms with Gasteiger partial charge in [-0.1, -0.05) is 29.8 Å². The van der Waals surface area contributed by atoms with E-state index in [0.717, 1.165) is 29.9 Å². The van der Waals surface area contributed by atoms with Crippen molar-refractivity contribution in [3.05, 3.63) is 64.4 Å². The molecule has 1 aromatic carbocycles. The molecule has 1 atom stereocenters. The molecule has 0 saturated carbocycles. The fourth-order valence-electron chi connectivity index (χ4n) is 3.29. The minimum atomic E-state index is -0.692. The minimum absolute atomic E-state index is 0.000884. The first-order chi connectivity index (χ1) is 11.5. The number of halogens is 1. The predicted molar refractivity (Wildman–Crippen MR) is 94.2 cm³/mol. The SMILES string of the molecule is Cc1ccc(C(c2cccc(Cl)c2)N2CCC(C(=O)O)CC2)nc1. The van der Waals surface area contributed by atoms with Crippen LogP contribution in [0.3, 0.4) is 0 Å². The van der Waals surface area contributed by atoms with Gasteiger partial charge in [0.1, 0.15) is 0 Å². The summed E-state index contributed by atoms with van der Waals surface area (Å²) in [7, 11) is 0. The Balaban J connectivity index is 1.91. The van der Waals surface area contributed by atoms with Crippen molar-refractivity contribution in [1.29, 1.82) is 0 Å². The van der Waals surface area contributed by atoms with E-state index in [2.05, 4.69) is 22.0 Å². The fourth-order valence-corrected chi connectivity index (χ4v) is 3.49. The van der Waals surface area contributed by atoms with Gasteiger partial charge in [-0.3, -0.25) is 14.7 Å². The number of aryl methyl sites for hydroxylation is 1. The molecule has 0 radical (unpaired) electrons. The molecule has 2 heterocycles. The maximum atomic E-state index is 11.2. The topological polar surface area (TPSA) is 53.4 Å². The van der Waals surface area contributed by atoms with Crippen LogP contribution in [0.1, 0.15) is 35.7 Å². The Morgan fingerprint density at radius 1 is 1.29 bits per heavy atom. The molecule has 2 aromatic rings. The molecular formula is C19H21ClN2O2. The third-order valence-electron chi connectivity index (χ3n) is 4.62. The number of aromatic nitrogens is 1. The molecule has 1 unspecified atom stereocenters. The highest BCUT2D eigenvalue weighted by Crippen LogP contribution is 2.32. The first-order valence-corrected chi connectivity index (χ1v) is 8.57. The maximum absolute atomic E-state index is 11.2. The largest absolute Gasteiger partial charge is 0.481 e. The Morgan fingerprint density at radius 3 is 2.62 bits per heavy atom. The lowest BCUT2D eigenvalue weighted by Gasteiger charge is -2.36. The second-order valence-corrected chi connectivity index (χ2v) is 6.80. The highest BCUT2D eigenvalue weighted by Gasteiger charge is 2.30. The standard InChI is InChI=1S/C19H21ClN2O2/c1-13-5-6-17(21-12-13)18(15-3-2-4-16(20)11-15)22-9-7-14(8-10-22)19(23)24/h2-6,11-12,14,18H,7-10H2,1H3,(H,23,24). The van der Waals surface area contributed by atoms with Gasteiger partial charge in [0.15, 0.2) is 0 Å². The summed E-state index contributed by atoms with van der Waals surface area (Å²) in [6, 6.07) is 11.9. The van der Waals surface area contributed by atoms with E-state index in [9.17, 15) is 9.90 Å². The van der Waals surface area contributed by atoms with E-state index in [-0.39, 0.29) is 12.0 Å². The average molecular weight is 345 g/mol. The number of pyridine rings is 1.